The highest BCUT2D eigenvalue weighted by molar-refractivity contribution is 5.73. The summed E-state index contributed by atoms with van der Waals surface area (Å²) in [7, 11) is 0. The van der Waals surface area contributed by atoms with Crippen molar-refractivity contribution in [1.82, 2.24) is 24.8 Å². The molecule has 3 heterocycles. The Balaban J connectivity index is 1.83. The maximum Gasteiger partial charge on any atom is 0.184 e. The lowest BCUT2D eigenvalue weighted by atomic mass is 10.0. The Kier molecular flexibility index (Phi) is 4.56. The first kappa shape index (κ1) is 19.0. The molecule has 4 aromatic rings. The van der Waals surface area contributed by atoms with E-state index in [1.807, 2.05) is 13.0 Å². The highest BCUT2D eigenvalue weighted by atomic mass is 19.1. The summed E-state index contributed by atoms with van der Waals surface area (Å²) >= 11 is 0. The number of fused-ring (bicyclic) bond motifs is 1. The second-order valence-corrected chi connectivity index (χ2v) is 7.45. The number of aromatic amines is 1. The molecular weight excluding hydrogens is 375 g/mol. The number of aliphatic hydroxyl groups excluding tert-OH is 1. The molecule has 0 aliphatic rings. The summed E-state index contributed by atoms with van der Waals surface area (Å²) < 4.78 is 14.8. The van der Waals surface area contributed by atoms with Gasteiger partial charge in [-0.3, -0.25) is 5.10 Å². The standard InChI is InChI=1S/C20H21FN6O2/c1-11-8-16(25-24-11)22-18-15-9-13(20(2,3)29)10-27(15)26-19(23-18)17(28)12-4-6-14(21)7-5-12/h4-10,17,28-29H,1-3H3,(H2,22,23,24,25,26). The number of benzene rings is 1. The number of aliphatic hydroxyl groups is 2. The average molecular weight is 396 g/mol. The largest absolute Gasteiger partial charge is 0.386 e. The lowest BCUT2D eigenvalue weighted by Crippen LogP contribution is -2.14. The second-order valence-electron chi connectivity index (χ2n) is 7.45. The number of nitrogens with one attached hydrogen (secondary N) is 2. The minimum absolute atomic E-state index is 0.122. The van der Waals surface area contributed by atoms with Crippen LogP contribution in [-0.2, 0) is 5.60 Å². The number of nitrogens with zero attached hydrogens (tertiary/aromatic N) is 4. The smallest absolute Gasteiger partial charge is 0.184 e. The highest BCUT2D eigenvalue weighted by Crippen LogP contribution is 2.28. The molecule has 1 aromatic carbocycles. The van der Waals surface area contributed by atoms with E-state index < -0.39 is 17.5 Å². The molecule has 0 saturated carbocycles. The zero-order valence-electron chi connectivity index (χ0n) is 16.2. The van der Waals surface area contributed by atoms with Crippen molar-refractivity contribution in [1.29, 1.82) is 0 Å². The summed E-state index contributed by atoms with van der Waals surface area (Å²) in [5.41, 5.74) is 1.50. The zero-order valence-corrected chi connectivity index (χ0v) is 16.2. The molecular formula is C20H21FN6O2. The molecule has 4 N–H and O–H groups in total. The first-order valence-corrected chi connectivity index (χ1v) is 9.06. The van der Waals surface area contributed by atoms with Crippen LogP contribution in [0, 0.1) is 12.7 Å². The zero-order chi connectivity index (χ0) is 20.8. The molecule has 4 rings (SSSR count). The number of aryl methyl sites for hydroxylation is 1. The third-order valence-corrected chi connectivity index (χ3v) is 4.57. The van der Waals surface area contributed by atoms with Crippen LogP contribution in [0.4, 0.5) is 16.0 Å². The van der Waals surface area contributed by atoms with E-state index in [0.717, 1.165) is 5.69 Å². The maximum atomic E-state index is 13.2. The van der Waals surface area contributed by atoms with Crippen molar-refractivity contribution in [2.24, 2.45) is 0 Å². The molecule has 0 aliphatic heterocycles. The van der Waals surface area contributed by atoms with Gasteiger partial charge in [-0.25, -0.2) is 13.9 Å². The van der Waals surface area contributed by atoms with E-state index in [9.17, 15) is 14.6 Å². The molecule has 3 aromatic heterocycles. The fraction of sp³-hybridized carbons (Fsp3) is 0.250. The Morgan fingerprint density at radius 3 is 2.55 bits per heavy atom. The Morgan fingerprint density at radius 2 is 1.93 bits per heavy atom. The van der Waals surface area contributed by atoms with Crippen LogP contribution in [0.1, 0.15) is 42.6 Å². The van der Waals surface area contributed by atoms with Gasteiger partial charge in [0.05, 0.1) is 5.60 Å². The van der Waals surface area contributed by atoms with E-state index in [4.69, 9.17) is 0 Å². The van der Waals surface area contributed by atoms with Crippen molar-refractivity contribution in [2.45, 2.75) is 32.5 Å². The Bertz CT molecular complexity index is 1160. The van der Waals surface area contributed by atoms with Crippen molar-refractivity contribution < 1.29 is 14.6 Å². The fourth-order valence-electron chi connectivity index (χ4n) is 2.96. The molecule has 0 spiro atoms. The Hall–Kier alpha value is -3.30. The third kappa shape index (κ3) is 3.82. The topological polar surface area (TPSA) is 111 Å². The molecule has 29 heavy (non-hydrogen) atoms. The van der Waals surface area contributed by atoms with Crippen LogP contribution < -0.4 is 5.32 Å². The van der Waals surface area contributed by atoms with Crippen LogP contribution in [0.25, 0.3) is 5.52 Å². The first-order chi connectivity index (χ1) is 13.7. The number of hydrogen-bond donors (Lipinski definition) is 4. The molecule has 9 heteroatoms. The number of halogens is 1. The van der Waals surface area contributed by atoms with Gasteiger partial charge in [-0.15, -0.1) is 5.10 Å². The summed E-state index contributed by atoms with van der Waals surface area (Å²) in [6.45, 7) is 5.22. The van der Waals surface area contributed by atoms with Crippen molar-refractivity contribution in [2.75, 3.05) is 5.32 Å². The summed E-state index contributed by atoms with van der Waals surface area (Å²) in [5.74, 6) is 0.695. The number of anilines is 2. The van der Waals surface area contributed by atoms with Crippen molar-refractivity contribution in [3.63, 3.8) is 0 Å². The molecule has 150 valence electrons. The fourth-order valence-corrected chi connectivity index (χ4v) is 2.96. The molecule has 0 saturated heterocycles. The summed E-state index contributed by atoms with van der Waals surface area (Å²) in [6.07, 6.45) is 0.522. The molecule has 0 bridgehead atoms. The first-order valence-electron chi connectivity index (χ1n) is 9.06. The van der Waals surface area contributed by atoms with Gasteiger partial charge in [0.15, 0.2) is 17.5 Å². The van der Waals surface area contributed by atoms with E-state index in [-0.39, 0.29) is 5.82 Å². The van der Waals surface area contributed by atoms with E-state index >= 15 is 0 Å². The molecule has 0 aliphatic carbocycles. The summed E-state index contributed by atoms with van der Waals surface area (Å²) in [4.78, 5) is 4.48. The van der Waals surface area contributed by atoms with Crippen LogP contribution >= 0.6 is 0 Å². The van der Waals surface area contributed by atoms with Crippen LogP contribution in [0.2, 0.25) is 0 Å². The van der Waals surface area contributed by atoms with Crippen molar-refractivity contribution in [3.8, 4) is 0 Å². The van der Waals surface area contributed by atoms with Gasteiger partial charge in [0.1, 0.15) is 17.4 Å². The quantitative estimate of drug-likeness (QED) is 0.413. The van der Waals surface area contributed by atoms with Crippen molar-refractivity contribution >= 4 is 17.2 Å². The lowest BCUT2D eigenvalue weighted by molar-refractivity contribution is 0.0786. The van der Waals surface area contributed by atoms with E-state index in [0.29, 0.717) is 28.3 Å². The average Bonchev–Trinajstić information content (AvgIpc) is 3.27. The molecule has 0 radical (unpaired) electrons. The highest BCUT2D eigenvalue weighted by Gasteiger charge is 2.23. The summed E-state index contributed by atoms with van der Waals surface area (Å²) in [5, 5.41) is 35.6. The van der Waals surface area contributed by atoms with Gasteiger partial charge in [-0.1, -0.05) is 12.1 Å². The Labute approximate surface area is 166 Å². The number of hydrogen-bond acceptors (Lipinski definition) is 6. The maximum absolute atomic E-state index is 13.2. The third-order valence-electron chi connectivity index (χ3n) is 4.57. The minimum Gasteiger partial charge on any atom is -0.386 e. The monoisotopic (exact) mass is 396 g/mol. The van der Waals surface area contributed by atoms with Crippen LogP contribution in [0.3, 0.4) is 0 Å². The van der Waals surface area contributed by atoms with Crippen LogP contribution in [-0.4, -0.2) is 35.0 Å². The molecule has 1 atom stereocenters. The number of rotatable bonds is 5. The number of H-pyrrole nitrogens is 1. The van der Waals surface area contributed by atoms with Gasteiger partial charge in [0.25, 0.3) is 0 Å². The van der Waals surface area contributed by atoms with Gasteiger partial charge in [-0.05, 0) is 44.5 Å². The SMILES string of the molecule is Cc1cc(Nc2nc(C(O)c3ccc(F)cc3)nn3cc(C(C)(C)O)cc23)n[nH]1. The second kappa shape index (κ2) is 6.94. The molecule has 0 amide bonds. The molecule has 0 fully saturated rings. The van der Waals surface area contributed by atoms with Gasteiger partial charge < -0.3 is 15.5 Å². The molecule has 8 nitrogen and oxygen atoms in total. The minimum atomic E-state index is -1.16. The predicted molar refractivity (Wildman–Crippen MR) is 105 cm³/mol. The van der Waals surface area contributed by atoms with E-state index in [1.54, 1.807) is 30.6 Å². The Morgan fingerprint density at radius 1 is 1.21 bits per heavy atom. The number of aromatic nitrogens is 5. The van der Waals surface area contributed by atoms with Gasteiger partial charge in [0.2, 0.25) is 0 Å². The lowest BCUT2D eigenvalue weighted by Gasteiger charge is -2.14. The van der Waals surface area contributed by atoms with Crippen LogP contribution in [0.15, 0.2) is 42.6 Å². The van der Waals surface area contributed by atoms with E-state index in [1.165, 1.54) is 24.3 Å². The van der Waals surface area contributed by atoms with Gasteiger partial charge >= 0.3 is 0 Å². The predicted octanol–water partition coefficient (Wildman–Crippen LogP) is 2.95. The normalized spacial score (nSPS) is 13.0. The molecule has 1 unspecified atom stereocenters. The van der Waals surface area contributed by atoms with Gasteiger partial charge in [0, 0.05) is 23.5 Å². The van der Waals surface area contributed by atoms with E-state index in [2.05, 4.69) is 25.6 Å². The summed E-state index contributed by atoms with van der Waals surface area (Å²) in [6, 6.07) is 9.09. The van der Waals surface area contributed by atoms with Gasteiger partial charge in [-0.2, -0.15) is 5.10 Å². The van der Waals surface area contributed by atoms with Crippen LogP contribution in [0.5, 0.6) is 0 Å². The van der Waals surface area contributed by atoms with Crippen molar-refractivity contribution in [3.05, 3.63) is 71.1 Å².